The largest absolute Gasteiger partial charge is 0.382 e. The molecule has 1 saturated heterocycles. The Kier molecular flexibility index (Phi) is 5.13. The summed E-state index contributed by atoms with van der Waals surface area (Å²) in [4.78, 5) is 3.09. The number of allylic oxidation sites excluding steroid dienone is 3. The van der Waals surface area contributed by atoms with Crippen LogP contribution in [0.5, 0.6) is 0 Å². The fraction of sp³-hybridized carbons (Fsp3) is 0.811. The fourth-order valence-corrected chi connectivity index (χ4v) is 26.5. The van der Waals surface area contributed by atoms with Crippen LogP contribution in [0.25, 0.3) is 0 Å². The fourth-order valence-electron chi connectivity index (χ4n) is 26.5. The van der Waals surface area contributed by atoms with E-state index in [1.807, 2.05) is 7.11 Å². The predicted octanol–water partition coefficient (Wildman–Crippen LogP) is 8.95. The van der Waals surface area contributed by atoms with Gasteiger partial charge in [0.05, 0.1) is 19.8 Å². The molecule has 14 fully saturated rings. The molecule has 18 rings (SSSR count). The number of likely N-dealkylation sites (tertiary alicyclic amines) is 1. The van der Waals surface area contributed by atoms with Gasteiger partial charge in [-0.05, 0) is 211 Å². The van der Waals surface area contributed by atoms with Gasteiger partial charge >= 0.3 is 0 Å². The van der Waals surface area contributed by atoms with Crippen LogP contribution >= 0.6 is 0 Å². The SMILES string of the molecule is COCCOCCN1CC2C3=C4C5C6=C(C3)CC3CC7CC8CC9CC%10CC%11CC2(C2C4C4C5C5C(C63)C7C3C8C9C6C%10C(C4C6C35)C%112)C1c1ccccc1C. The molecule has 3 nitrogen and oxygen atoms in total. The first-order valence-corrected chi connectivity index (χ1v) is 25.0. The number of hydrogen-bond donors (Lipinski definition) is 0. The van der Waals surface area contributed by atoms with Crippen LogP contribution < -0.4 is 0 Å². The van der Waals surface area contributed by atoms with E-state index in [1.165, 1.54) is 43.1 Å². The summed E-state index contributed by atoms with van der Waals surface area (Å²) in [6, 6.07) is 10.4. The van der Waals surface area contributed by atoms with Crippen molar-refractivity contribution in [2.24, 2.45) is 159 Å². The van der Waals surface area contributed by atoms with Gasteiger partial charge in [0.1, 0.15) is 0 Å². The monoisotopic (exact) mass is 745 g/mol. The summed E-state index contributed by atoms with van der Waals surface area (Å²) in [5.74, 6) is 28.1. The summed E-state index contributed by atoms with van der Waals surface area (Å²) in [7, 11) is 1.82. The Balaban J connectivity index is 0.915. The Morgan fingerprint density at radius 3 is 2.07 bits per heavy atom. The summed E-state index contributed by atoms with van der Waals surface area (Å²) in [5, 5.41) is 0. The minimum absolute atomic E-state index is 0.417. The molecule has 1 aromatic rings. The summed E-state index contributed by atoms with van der Waals surface area (Å²) in [5.41, 5.74) is 12.4. The van der Waals surface area contributed by atoms with Crippen LogP contribution in [0, 0.1) is 166 Å². The lowest BCUT2D eigenvalue weighted by atomic mass is 9.41. The van der Waals surface area contributed by atoms with Gasteiger partial charge in [0.2, 0.25) is 0 Å². The summed E-state index contributed by atoms with van der Waals surface area (Å²) in [6.45, 7) is 7.18. The van der Waals surface area contributed by atoms with Crippen LogP contribution in [0.3, 0.4) is 0 Å². The van der Waals surface area contributed by atoms with Gasteiger partial charge in [0.15, 0.2) is 0 Å². The van der Waals surface area contributed by atoms with Gasteiger partial charge in [-0.15, -0.1) is 0 Å². The van der Waals surface area contributed by atoms with Crippen LogP contribution in [0.2, 0.25) is 0 Å². The number of ether oxygens (including phenoxy) is 2. The maximum absolute atomic E-state index is 6.40. The molecule has 1 aromatic carbocycles. The lowest BCUT2D eigenvalue weighted by molar-refractivity contribution is -0.149. The second-order valence-corrected chi connectivity index (χ2v) is 25.1. The first-order chi connectivity index (χ1) is 27.7. The number of benzene rings is 1. The molecule has 1 heterocycles. The number of nitrogens with zero attached hydrogens (tertiary/aromatic N) is 1. The van der Waals surface area contributed by atoms with Gasteiger partial charge in [0, 0.05) is 43.5 Å². The summed E-state index contributed by atoms with van der Waals surface area (Å²) < 4.78 is 11.8. The molecule has 0 aromatic heterocycles. The lowest BCUT2D eigenvalue weighted by Gasteiger charge is -2.62. The number of fused-ring (bicyclic) bond motifs is 1. The standard InChI is InChI=1S/C53H63NO2/c1-20-5-3-4-6-28(20)52-53-18-27-16-25-14-22-11-21-12-24-13-23-15-26-17-29(30(53)19-54(52)7-8-56-10-9-55-2)38-43-34(26)33(23)40-35(24)39-31(21)32(22)41-36(25)42-37(27)51(53)50(38)49-47(42)45(41)44(39)46(40)48(43)49/h3-6,21-25,27,30-33,35-37,39-52H,7-19H2,1-2H3. The third kappa shape index (κ3) is 2.80. The number of methoxy groups -OCH3 is 1. The molecule has 1 spiro atoms. The first-order valence-electron chi connectivity index (χ1n) is 25.0. The zero-order valence-electron chi connectivity index (χ0n) is 33.9. The molecule has 3 heteroatoms. The highest BCUT2D eigenvalue weighted by atomic mass is 16.5. The van der Waals surface area contributed by atoms with Crippen LogP contribution in [0.15, 0.2) is 46.6 Å². The van der Waals surface area contributed by atoms with E-state index in [9.17, 15) is 0 Å². The van der Waals surface area contributed by atoms with Crippen LogP contribution in [0.1, 0.15) is 68.5 Å². The molecule has 0 amide bonds. The molecule has 17 aliphatic rings. The molecule has 0 N–H and O–H groups in total. The van der Waals surface area contributed by atoms with Gasteiger partial charge in [0.25, 0.3) is 0 Å². The molecule has 0 radical (unpaired) electrons. The van der Waals surface area contributed by atoms with Crippen LogP contribution in [0.4, 0.5) is 0 Å². The molecular weight excluding hydrogens is 683 g/mol. The molecule has 1 aliphatic heterocycles. The minimum Gasteiger partial charge on any atom is -0.382 e. The van der Waals surface area contributed by atoms with Crippen molar-refractivity contribution >= 4 is 0 Å². The van der Waals surface area contributed by atoms with Crippen LogP contribution in [-0.4, -0.2) is 44.9 Å². The van der Waals surface area contributed by atoms with Crippen molar-refractivity contribution in [3.63, 3.8) is 0 Å². The van der Waals surface area contributed by atoms with E-state index in [0.29, 0.717) is 18.1 Å². The Bertz CT molecular complexity index is 2130. The maximum atomic E-state index is 6.40. The van der Waals surface area contributed by atoms with Crippen molar-refractivity contribution in [1.29, 1.82) is 0 Å². The first kappa shape index (κ1) is 30.6. The van der Waals surface area contributed by atoms with E-state index in [2.05, 4.69) is 58.4 Å². The quantitative estimate of drug-likeness (QED) is 0.206. The Morgan fingerprint density at radius 2 is 1.29 bits per heavy atom. The molecule has 56 heavy (non-hydrogen) atoms. The highest BCUT2D eigenvalue weighted by molar-refractivity contribution is 5.56. The highest BCUT2D eigenvalue weighted by Crippen LogP contribution is 2.93. The minimum atomic E-state index is 0.417. The van der Waals surface area contributed by atoms with Gasteiger partial charge in [-0.1, -0.05) is 46.6 Å². The van der Waals surface area contributed by atoms with Crippen molar-refractivity contribution in [2.45, 2.75) is 64.3 Å². The molecular formula is C53H63NO2. The number of aryl methyl sites for hydroxylation is 1. The van der Waals surface area contributed by atoms with E-state index in [4.69, 9.17) is 9.47 Å². The number of rotatable bonds is 7. The number of hydrogen-bond acceptors (Lipinski definition) is 3. The van der Waals surface area contributed by atoms with Gasteiger partial charge in [-0.25, -0.2) is 0 Å². The van der Waals surface area contributed by atoms with Crippen molar-refractivity contribution in [1.82, 2.24) is 4.90 Å². The Hall–Kier alpha value is -1.42. The van der Waals surface area contributed by atoms with Gasteiger partial charge in [-0.2, -0.15) is 0 Å². The Labute approximate surface area is 334 Å². The topological polar surface area (TPSA) is 21.7 Å². The van der Waals surface area contributed by atoms with E-state index >= 15 is 0 Å². The predicted molar refractivity (Wildman–Crippen MR) is 212 cm³/mol. The van der Waals surface area contributed by atoms with Crippen molar-refractivity contribution < 1.29 is 9.47 Å². The van der Waals surface area contributed by atoms with E-state index in [0.717, 1.165) is 150 Å². The summed E-state index contributed by atoms with van der Waals surface area (Å²) in [6.07, 6.45) is 12.9. The zero-order chi connectivity index (χ0) is 35.6. The molecule has 292 valence electrons. The molecule has 28 unspecified atom stereocenters. The van der Waals surface area contributed by atoms with E-state index < -0.39 is 0 Å². The maximum Gasteiger partial charge on any atom is 0.0700 e. The third-order valence-corrected chi connectivity index (χ3v) is 25.4. The Morgan fingerprint density at radius 1 is 0.643 bits per heavy atom. The second-order valence-electron chi connectivity index (χ2n) is 25.1. The second kappa shape index (κ2) is 9.39. The average molecular weight is 746 g/mol. The summed E-state index contributed by atoms with van der Waals surface area (Å²) >= 11 is 0. The van der Waals surface area contributed by atoms with Crippen molar-refractivity contribution in [3.8, 4) is 0 Å². The van der Waals surface area contributed by atoms with E-state index in [1.54, 1.807) is 49.7 Å². The van der Waals surface area contributed by atoms with Gasteiger partial charge < -0.3 is 9.47 Å². The molecule has 13 saturated carbocycles. The normalized spacial score (nSPS) is 65.5. The third-order valence-electron chi connectivity index (χ3n) is 25.4. The lowest BCUT2D eigenvalue weighted by Crippen LogP contribution is -2.59. The zero-order valence-corrected chi connectivity index (χ0v) is 33.9. The van der Waals surface area contributed by atoms with Gasteiger partial charge in [-0.3, -0.25) is 4.90 Å². The van der Waals surface area contributed by atoms with E-state index in [-0.39, 0.29) is 0 Å². The molecule has 28 atom stereocenters. The molecule has 0 bridgehead atoms. The average Bonchev–Trinajstić information content (AvgIpc) is 4.05. The molecule has 16 aliphatic carbocycles. The highest BCUT2D eigenvalue weighted by Gasteiger charge is 2.88. The van der Waals surface area contributed by atoms with Crippen molar-refractivity contribution in [2.75, 3.05) is 40.0 Å². The van der Waals surface area contributed by atoms with Crippen molar-refractivity contribution in [3.05, 3.63) is 57.7 Å². The van der Waals surface area contributed by atoms with Crippen LogP contribution in [-0.2, 0) is 9.47 Å². The smallest absolute Gasteiger partial charge is 0.0700 e.